The molecule has 3 aromatic rings. The fourth-order valence-electron chi connectivity index (χ4n) is 9.59. The van der Waals surface area contributed by atoms with E-state index in [4.69, 9.17) is 19.4 Å². The zero-order chi connectivity index (χ0) is 37.7. The lowest BCUT2D eigenvalue weighted by atomic mass is 9.95. The van der Waals surface area contributed by atoms with Gasteiger partial charge in [-0.15, -0.1) is 0 Å². The summed E-state index contributed by atoms with van der Waals surface area (Å²) in [4.78, 5) is 29.7. The summed E-state index contributed by atoms with van der Waals surface area (Å²) in [6.45, 7) is 17.6. The Morgan fingerprint density at radius 2 is 1.81 bits per heavy atom. The number of nitrogens with zero attached hydrogens (tertiary/aromatic N) is 5. The molecule has 293 valence electrons. The highest BCUT2D eigenvalue weighted by molar-refractivity contribution is 5.97. The third kappa shape index (κ3) is 8.18. The van der Waals surface area contributed by atoms with Crippen molar-refractivity contribution in [2.24, 2.45) is 0 Å². The number of aromatic nitrogens is 2. The van der Waals surface area contributed by atoms with Crippen LogP contribution in [0.3, 0.4) is 0 Å². The highest BCUT2D eigenvalue weighted by atomic mass is 16.5. The zero-order valence-electron chi connectivity index (χ0n) is 33.1. The number of anilines is 2. The molecule has 4 saturated heterocycles. The van der Waals surface area contributed by atoms with Gasteiger partial charge in [0, 0.05) is 69.7 Å². The van der Waals surface area contributed by atoms with Gasteiger partial charge < -0.3 is 24.6 Å². The third-order valence-corrected chi connectivity index (χ3v) is 12.3. The number of carbonyl (C=O) groups is 1. The van der Waals surface area contributed by atoms with E-state index in [2.05, 4.69) is 89.3 Å². The van der Waals surface area contributed by atoms with Gasteiger partial charge in [0.25, 0.3) is 0 Å². The van der Waals surface area contributed by atoms with Gasteiger partial charge in [-0.1, -0.05) is 82.7 Å². The van der Waals surface area contributed by atoms with Gasteiger partial charge in [-0.2, -0.15) is 9.97 Å². The fraction of sp³-hybridized carbons (Fsp3) is 0.556. The highest BCUT2D eigenvalue weighted by Gasteiger charge is 2.50. The maximum Gasteiger partial charge on any atom is 0.330 e. The van der Waals surface area contributed by atoms with Gasteiger partial charge in [-0.25, -0.2) is 4.79 Å². The molecule has 6 aliphatic rings. The molecular formula is C45H65N6O3. The maximum absolute atomic E-state index is 11.8. The maximum atomic E-state index is 11.8. The molecule has 9 nitrogen and oxygen atoms in total. The second-order valence-electron chi connectivity index (χ2n) is 15.6. The molecule has 4 atom stereocenters. The van der Waals surface area contributed by atoms with E-state index in [0.29, 0.717) is 31.3 Å². The molecule has 6 heterocycles. The lowest BCUT2D eigenvalue weighted by Crippen LogP contribution is -2.52. The molecule has 0 saturated carbocycles. The molecule has 2 aromatic carbocycles. The van der Waals surface area contributed by atoms with E-state index in [-0.39, 0.29) is 20.4 Å². The van der Waals surface area contributed by atoms with E-state index < -0.39 is 0 Å². The van der Waals surface area contributed by atoms with E-state index in [1.54, 1.807) is 0 Å². The second-order valence-corrected chi connectivity index (χ2v) is 15.6. The van der Waals surface area contributed by atoms with E-state index in [0.717, 1.165) is 82.8 Å². The fourth-order valence-corrected chi connectivity index (χ4v) is 9.59. The number of nitrogens with one attached hydrogen (secondary N) is 1. The lowest BCUT2D eigenvalue weighted by Gasteiger charge is -2.38. The summed E-state index contributed by atoms with van der Waals surface area (Å²) in [7, 11) is 0. The minimum absolute atomic E-state index is 0. The highest BCUT2D eigenvalue weighted by Crippen LogP contribution is 2.43. The van der Waals surface area contributed by atoms with Crippen LogP contribution in [0, 0.1) is 6.42 Å². The number of ether oxygens (including phenoxy) is 2. The molecule has 1 aromatic heterocycles. The Morgan fingerprint density at radius 1 is 1.04 bits per heavy atom. The predicted octanol–water partition coefficient (Wildman–Crippen LogP) is 8.25. The quantitative estimate of drug-likeness (QED) is 0.155. The van der Waals surface area contributed by atoms with Crippen molar-refractivity contribution >= 4 is 28.2 Å². The van der Waals surface area contributed by atoms with Crippen LogP contribution in [0.2, 0.25) is 0 Å². The summed E-state index contributed by atoms with van der Waals surface area (Å²) in [5.74, 6) is 0.722. The monoisotopic (exact) mass is 738 g/mol. The van der Waals surface area contributed by atoms with E-state index in [9.17, 15) is 4.79 Å². The number of rotatable bonds is 11. The molecule has 9 heteroatoms. The van der Waals surface area contributed by atoms with Crippen molar-refractivity contribution < 1.29 is 17.1 Å². The number of hydrogen-bond acceptors (Lipinski definition) is 9. The van der Waals surface area contributed by atoms with E-state index in [1.807, 2.05) is 13.8 Å². The summed E-state index contributed by atoms with van der Waals surface area (Å²) in [6.07, 6.45) is 16.8. The van der Waals surface area contributed by atoms with Crippen LogP contribution in [0.4, 0.5) is 11.5 Å². The van der Waals surface area contributed by atoms with Crippen molar-refractivity contribution in [3.8, 4) is 6.01 Å². The molecule has 5 aliphatic heterocycles. The number of aryl methyl sites for hydroxylation is 1. The van der Waals surface area contributed by atoms with E-state index >= 15 is 0 Å². The summed E-state index contributed by atoms with van der Waals surface area (Å²) < 4.78 is 12.1. The molecule has 54 heavy (non-hydrogen) atoms. The van der Waals surface area contributed by atoms with Gasteiger partial charge in [-0.3, -0.25) is 4.90 Å². The van der Waals surface area contributed by atoms with Crippen molar-refractivity contribution in [2.75, 3.05) is 49.2 Å². The SMILES string of the molecule is C=CC(=O)OC[C@H]1CCC2(COc3nc4c(c(N5CC6CCC(C5)N6)n3)CCN(c3cccc5cccc(CC)c35)C4)CCCN12.CC.CCCC1=C[CH]1.[HH].[HH]. The first kappa shape index (κ1) is 38.3. The van der Waals surface area contributed by atoms with Gasteiger partial charge in [-0.05, 0) is 81.3 Å². The summed E-state index contributed by atoms with van der Waals surface area (Å²) in [5.41, 5.74) is 6.52. The van der Waals surface area contributed by atoms with Gasteiger partial charge in [0.2, 0.25) is 0 Å². The Balaban J connectivity index is 0.000000544. The average molecular weight is 738 g/mol. The molecule has 1 radical (unpaired) electrons. The van der Waals surface area contributed by atoms with E-state index in [1.165, 1.54) is 64.9 Å². The third-order valence-electron chi connectivity index (χ3n) is 12.3. The molecule has 3 unspecified atom stereocenters. The lowest BCUT2D eigenvalue weighted by molar-refractivity contribution is -0.139. The summed E-state index contributed by atoms with van der Waals surface area (Å²) >= 11 is 0. The van der Waals surface area contributed by atoms with Crippen LogP contribution in [0.15, 0.2) is 60.7 Å². The first-order valence-corrected chi connectivity index (χ1v) is 20.9. The van der Waals surface area contributed by atoms with Gasteiger partial charge in [0.05, 0.1) is 17.8 Å². The molecule has 1 N–H and O–H groups in total. The number of hydrogen-bond donors (Lipinski definition) is 1. The van der Waals surface area contributed by atoms with Crippen molar-refractivity contribution in [1.82, 2.24) is 20.2 Å². The second kappa shape index (κ2) is 17.2. The van der Waals surface area contributed by atoms with Crippen molar-refractivity contribution in [1.29, 1.82) is 0 Å². The first-order chi connectivity index (χ1) is 26.5. The Labute approximate surface area is 326 Å². The number of allylic oxidation sites excluding steroid dienone is 2. The molecule has 1 aliphatic carbocycles. The predicted molar refractivity (Wildman–Crippen MR) is 223 cm³/mol. The van der Waals surface area contributed by atoms with Crippen LogP contribution in [0.1, 0.15) is 98.7 Å². The minimum Gasteiger partial charge on any atom is -0.461 e. The van der Waals surface area contributed by atoms with Gasteiger partial charge >= 0.3 is 12.0 Å². The Bertz CT molecular complexity index is 1820. The minimum atomic E-state index is -0.354. The van der Waals surface area contributed by atoms with Crippen LogP contribution >= 0.6 is 0 Å². The normalized spacial score (nSPS) is 25.1. The Hall–Kier alpha value is -3.95. The number of fused-ring (bicyclic) bond motifs is 5. The Morgan fingerprint density at radius 3 is 2.52 bits per heavy atom. The van der Waals surface area contributed by atoms with Crippen LogP contribution in [-0.4, -0.2) is 83.9 Å². The van der Waals surface area contributed by atoms with Gasteiger partial charge in [0.15, 0.2) is 0 Å². The van der Waals surface area contributed by atoms with Crippen LogP contribution in [0.5, 0.6) is 6.01 Å². The van der Waals surface area contributed by atoms with Crippen LogP contribution < -0.4 is 19.9 Å². The Kier molecular flexibility index (Phi) is 12.2. The smallest absolute Gasteiger partial charge is 0.330 e. The summed E-state index contributed by atoms with van der Waals surface area (Å²) in [6, 6.07) is 15.1. The topological polar surface area (TPSA) is 83.1 Å². The number of benzene rings is 2. The molecule has 0 amide bonds. The summed E-state index contributed by atoms with van der Waals surface area (Å²) in [5, 5.41) is 6.44. The van der Waals surface area contributed by atoms with Crippen LogP contribution in [-0.2, 0) is 28.9 Å². The average Bonchev–Trinajstić information content (AvgIpc) is 3.70. The van der Waals surface area contributed by atoms with Crippen molar-refractivity contribution in [3.63, 3.8) is 0 Å². The zero-order valence-corrected chi connectivity index (χ0v) is 33.1. The molecular weight excluding hydrogens is 673 g/mol. The van der Waals surface area contributed by atoms with Crippen LogP contribution in [0.25, 0.3) is 10.8 Å². The first-order valence-electron chi connectivity index (χ1n) is 20.9. The largest absolute Gasteiger partial charge is 0.461 e. The van der Waals surface area contributed by atoms with Crippen molar-refractivity contribution in [2.45, 2.75) is 122 Å². The van der Waals surface area contributed by atoms with Gasteiger partial charge in [0.1, 0.15) is 19.0 Å². The number of esters is 1. The number of piperazine rings is 1. The molecule has 4 fully saturated rings. The molecule has 9 rings (SSSR count). The standard InChI is InChI=1S/C37H46N6O3.C6H9.C2H6.2H2/c1-3-25-8-5-9-26-10-6-11-32(34(25)26)41-19-15-30-31(22-41)39-36(40-35(30)42-20-27-12-13-28(21-42)38-27)46-24-37-16-7-18-43(37)29(14-17-37)23-45-33(44)4-2;1-2-3-6-4-5-6;1-2;;/h4-6,8-11,27-29,38H,2-3,7,12-24H2,1H3;4-5H,2-3H2,1H3;1-2H3;2*1H/t27?,28?,29-,37?;;;;/m1..../s1. The molecule has 2 bridgehead atoms. The van der Waals surface area contributed by atoms with Crippen molar-refractivity contribution in [3.05, 3.63) is 83.9 Å². The molecule has 0 spiro atoms. The number of carbonyl (C=O) groups excluding carboxylic acids is 1.